The van der Waals surface area contributed by atoms with Crippen LogP contribution in [0, 0.1) is 19.7 Å². The van der Waals surface area contributed by atoms with Crippen LogP contribution >= 0.6 is 0 Å². The maximum absolute atomic E-state index is 14.8. The van der Waals surface area contributed by atoms with Gasteiger partial charge in [0, 0.05) is 17.3 Å². The Hall–Kier alpha value is -2.71. The van der Waals surface area contributed by atoms with Crippen LogP contribution in [-0.2, 0) is 14.8 Å². The van der Waals surface area contributed by atoms with Gasteiger partial charge in [-0.1, -0.05) is 12.1 Å². The standard InChI is InChI=1S/C23H29FN2O4S/c1-13(2)25-19-7-8-20(22(24)12-19)21-10-14(3)18(9-15(21)4)11-16(5)31(29,30)26-17(6)23(27)28/h7-13,17,25-26H,1-6H3,(H,27,28)/b16-11+. The van der Waals surface area contributed by atoms with E-state index in [4.69, 9.17) is 5.11 Å². The Morgan fingerprint density at radius 1 is 1.06 bits per heavy atom. The number of benzene rings is 2. The number of aliphatic carboxylic acids is 1. The van der Waals surface area contributed by atoms with Gasteiger partial charge in [0.15, 0.2) is 0 Å². The van der Waals surface area contributed by atoms with Gasteiger partial charge in [-0.3, -0.25) is 4.79 Å². The number of anilines is 1. The first-order valence-electron chi connectivity index (χ1n) is 9.93. The molecule has 0 bridgehead atoms. The first-order valence-corrected chi connectivity index (χ1v) is 11.4. The van der Waals surface area contributed by atoms with Crippen LogP contribution < -0.4 is 10.0 Å². The quantitative estimate of drug-likeness (QED) is 0.545. The van der Waals surface area contributed by atoms with Crippen molar-refractivity contribution in [1.82, 2.24) is 4.72 Å². The number of rotatable bonds is 8. The minimum absolute atomic E-state index is 0.00820. The van der Waals surface area contributed by atoms with Crippen LogP contribution in [0.3, 0.4) is 0 Å². The van der Waals surface area contributed by atoms with Gasteiger partial charge in [-0.15, -0.1) is 0 Å². The molecule has 0 aromatic heterocycles. The van der Waals surface area contributed by atoms with Crippen LogP contribution in [0.4, 0.5) is 10.1 Å². The van der Waals surface area contributed by atoms with E-state index in [1.165, 1.54) is 26.0 Å². The van der Waals surface area contributed by atoms with Gasteiger partial charge in [-0.2, -0.15) is 4.72 Å². The second kappa shape index (κ2) is 9.62. The third-order valence-electron chi connectivity index (χ3n) is 4.81. The molecule has 0 aliphatic heterocycles. The first-order chi connectivity index (χ1) is 14.3. The van der Waals surface area contributed by atoms with Crippen molar-refractivity contribution >= 4 is 27.8 Å². The Morgan fingerprint density at radius 2 is 1.71 bits per heavy atom. The fraction of sp³-hybridized carbons (Fsp3) is 0.348. The van der Waals surface area contributed by atoms with Gasteiger partial charge in [0.05, 0.1) is 4.91 Å². The number of hydrogen-bond acceptors (Lipinski definition) is 4. The molecule has 0 amide bonds. The number of sulfonamides is 1. The average Bonchev–Trinajstić information content (AvgIpc) is 2.64. The number of halogens is 1. The second-order valence-corrected chi connectivity index (χ2v) is 9.84. The molecule has 0 saturated carbocycles. The van der Waals surface area contributed by atoms with Crippen LogP contribution in [0.1, 0.15) is 44.4 Å². The Labute approximate surface area is 183 Å². The molecule has 8 heteroatoms. The van der Waals surface area contributed by atoms with Crippen molar-refractivity contribution in [3.63, 3.8) is 0 Å². The Bertz CT molecular complexity index is 1120. The predicted molar refractivity (Wildman–Crippen MR) is 123 cm³/mol. The Morgan fingerprint density at radius 3 is 2.26 bits per heavy atom. The summed E-state index contributed by atoms with van der Waals surface area (Å²) in [7, 11) is -3.95. The van der Waals surface area contributed by atoms with Crippen LogP contribution in [-0.4, -0.2) is 31.6 Å². The van der Waals surface area contributed by atoms with E-state index in [2.05, 4.69) is 10.0 Å². The zero-order valence-corrected chi connectivity index (χ0v) is 19.4. The molecule has 1 atom stereocenters. The van der Waals surface area contributed by atoms with Crippen molar-refractivity contribution in [3.05, 3.63) is 57.7 Å². The molecule has 0 aliphatic rings. The molecule has 0 heterocycles. The predicted octanol–water partition coefficient (Wildman–Crippen LogP) is 4.68. The molecule has 0 aliphatic carbocycles. The highest BCUT2D eigenvalue weighted by Gasteiger charge is 2.21. The van der Waals surface area contributed by atoms with Gasteiger partial charge in [-0.25, -0.2) is 12.8 Å². The van der Waals surface area contributed by atoms with Crippen molar-refractivity contribution < 1.29 is 22.7 Å². The minimum atomic E-state index is -3.95. The summed E-state index contributed by atoms with van der Waals surface area (Å²) in [5, 5.41) is 12.1. The minimum Gasteiger partial charge on any atom is -0.480 e. The third kappa shape index (κ3) is 6.15. The van der Waals surface area contributed by atoms with Crippen molar-refractivity contribution in [2.75, 3.05) is 5.32 Å². The molecule has 1 unspecified atom stereocenters. The van der Waals surface area contributed by atoms with Crippen LogP contribution in [0.15, 0.2) is 35.2 Å². The highest BCUT2D eigenvalue weighted by atomic mass is 32.2. The summed E-state index contributed by atoms with van der Waals surface area (Å²) in [6, 6.07) is 7.58. The lowest BCUT2D eigenvalue weighted by Crippen LogP contribution is -2.38. The summed E-state index contributed by atoms with van der Waals surface area (Å²) in [5.41, 5.74) is 4.11. The number of carboxylic acids is 1. The van der Waals surface area contributed by atoms with E-state index >= 15 is 0 Å². The number of nitrogens with one attached hydrogen (secondary N) is 2. The maximum Gasteiger partial charge on any atom is 0.321 e. The summed E-state index contributed by atoms with van der Waals surface area (Å²) >= 11 is 0. The van der Waals surface area contributed by atoms with Crippen molar-refractivity contribution in [2.45, 2.75) is 53.6 Å². The number of carboxylic acid groups (broad SMARTS) is 1. The molecular weight excluding hydrogens is 419 g/mol. The van der Waals surface area contributed by atoms with Crippen molar-refractivity contribution in [1.29, 1.82) is 0 Å². The molecule has 0 saturated heterocycles. The SMILES string of the molecule is C/C(=C\c1cc(C)c(-c2ccc(NC(C)C)cc2F)cc1C)S(=O)(=O)NC(C)C(=O)O. The van der Waals surface area contributed by atoms with Crippen LogP contribution in [0.2, 0.25) is 0 Å². The van der Waals surface area contributed by atoms with Crippen molar-refractivity contribution in [3.8, 4) is 11.1 Å². The largest absolute Gasteiger partial charge is 0.480 e. The van der Waals surface area contributed by atoms with E-state index < -0.39 is 22.0 Å². The van der Waals surface area contributed by atoms with E-state index in [-0.39, 0.29) is 16.8 Å². The van der Waals surface area contributed by atoms with E-state index in [0.29, 0.717) is 16.8 Å². The third-order valence-corrected chi connectivity index (χ3v) is 6.44. The Kier molecular flexibility index (Phi) is 7.62. The molecule has 6 nitrogen and oxygen atoms in total. The summed E-state index contributed by atoms with van der Waals surface area (Å²) in [5.74, 6) is -1.61. The van der Waals surface area contributed by atoms with Gasteiger partial charge < -0.3 is 10.4 Å². The summed E-state index contributed by atoms with van der Waals surface area (Å²) in [6.07, 6.45) is 1.48. The van der Waals surface area contributed by atoms with Crippen molar-refractivity contribution in [2.24, 2.45) is 0 Å². The van der Waals surface area contributed by atoms with Gasteiger partial charge >= 0.3 is 5.97 Å². The lowest BCUT2D eigenvalue weighted by atomic mass is 9.94. The summed E-state index contributed by atoms with van der Waals surface area (Å²) < 4.78 is 41.7. The topological polar surface area (TPSA) is 95.5 Å². The Balaban J connectivity index is 2.40. The van der Waals surface area contributed by atoms with Crippen LogP contribution in [0.5, 0.6) is 0 Å². The average molecular weight is 449 g/mol. The number of carbonyl (C=O) groups is 1. The molecule has 168 valence electrons. The molecule has 3 N–H and O–H groups in total. The molecule has 0 spiro atoms. The highest BCUT2D eigenvalue weighted by Crippen LogP contribution is 2.31. The normalized spacial score (nSPS) is 13.4. The van der Waals surface area contributed by atoms with Crippen LogP contribution in [0.25, 0.3) is 17.2 Å². The lowest BCUT2D eigenvalue weighted by Gasteiger charge is -2.15. The van der Waals surface area contributed by atoms with Gasteiger partial charge in [-0.05, 0) is 88.1 Å². The molecule has 0 radical (unpaired) electrons. The smallest absolute Gasteiger partial charge is 0.321 e. The van der Waals surface area contributed by atoms with Gasteiger partial charge in [0.1, 0.15) is 11.9 Å². The molecule has 2 rings (SSSR count). The van der Waals surface area contributed by atoms with E-state index in [1.54, 1.807) is 12.1 Å². The fourth-order valence-electron chi connectivity index (χ4n) is 3.11. The second-order valence-electron chi connectivity index (χ2n) is 7.95. The number of allylic oxidation sites excluding steroid dienone is 1. The highest BCUT2D eigenvalue weighted by molar-refractivity contribution is 7.93. The van der Waals surface area contributed by atoms with E-state index in [1.807, 2.05) is 39.8 Å². The van der Waals surface area contributed by atoms with Gasteiger partial charge in [0.25, 0.3) is 0 Å². The molecule has 2 aromatic carbocycles. The fourth-order valence-corrected chi connectivity index (χ4v) is 4.15. The van der Waals surface area contributed by atoms with E-state index in [9.17, 15) is 17.6 Å². The zero-order valence-electron chi connectivity index (χ0n) is 18.6. The molecular formula is C23H29FN2O4S. The van der Waals surface area contributed by atoms with Gasteiger partial charge in [0.2, 0.25) is 10.0 Å². The first kappa shape index (κ1) is 24.6. The summed E-state index contributed by atoms with van der Waals surface area (Å²) in [6.45, 7) is 10.3. The van der Waals surface area contributed by atoms with E-state index in [0.717, 1.165) is 16.7 Å². The molecule has 31 heavy (non-hydrogen) atoms. The molecule has 0 fully saturated rings. The number of hydrogen-bond donors (Lipinski definition) is 3. The maximum atomic E-state index is 14.8. The lowest BCUT2D eigenvalue weighted by molar-refractivity contribution is -0.138. The number of aryl methyl sites for hydroxylation is 2. The monoisotopic (exact) mass is 448 g/mol. The molecule has 2 aromatic rings. The summed E-state index contributed by atoms with van der Waals surface area (Å²) in [4.78, 5) is 10.9. The zero-order chi connectivity index (χ0) is 23.5.